The van der Waals surface area contributed by atoms with Gasteiger partial charge in [0.1, 0.15) is 5.76 Å². The van der Waals surface area contributed by atoms with E-state index in [4.69, 9.17) is 10.2 Å². The van der Waals surface area contributed by atoms with Crippen molar-refractivity contribution in [3.05, 3.63) is 22.6 Å². The normalized spacial score (nSPS) is 15.0. The van der Waals surface area contributed by atoms with Crippen LogP contribution >= 0.6 is 0 Å². The predicted molar refractivity (Wildman–Crippen MR) is 80.5 cm³/mol. The molecule has 3 N–H and O–H groups in total. The maximum absolute atomic E-state index is 12.3. The summed E-state index contributed by atoms with van der Waals surface area (Å²) < 4.78 is 5.63. The van der Waals surface area contributed by atoms with Gasteiger partial charge in [-0.25, -0.2) is 0 Å². The van der Waals surface area contributed by atoms with E-state index in [0.717, 1.165) is 25.7 Å². The predicted octanol–water partition coefficient (Wildman–Crippen LogP) is 2.35. The van der Waals surface area contributed by atoms with Crippen LogP contribution in [0.25, 0.3) is 0 Å². The Balaban J connectivity index is 2.16. The maximum Gasteiger partial charge on any atom is 0.287 e. The average Bonchev–Trinajstić information content (AvgIpc) is 2.83. The van der Waals surface area contributed by atoms with E-state index in [1.807, 2.05) is 13.8 Å². The molecule has 5 nitrogen and oxygen atoms in total. The van der Waals surface area contributed by atoms with Crippen LogP contribution < -0.4 is 11.1 Å². The minimum Gasteiger partial charge on any atom is -0.455 e. The lowest BCUT2D eigenvalue weighted by molar-refractivity contribution is 0.0908. The van der Waals surface area contributed by atoms with Gasteiger partial charge in [0.05, 0.1) is 5.56 Å². The summed E-state index contributed by atoms with van der Waals surface area (Å²) in [5.41, 5.74) is 7.05. The molecule has 2 rings (SSSR count). The Morgan fingerprint density at radius 1 is 1.33 bits per heavy atom. The summed E-state index contributed by atoms with van der Waals surface area (Å²) in [5, 5.41) is 2.84. The van der Waals surface area contributed by atoms with Crippen LogP contribution in [0.2, 0.25) is 0 Å². The molecule has 0 saturated heterocycles. The number of furan rings is 1. The Bertz CT molecular complexity index is 556. The first-order chi connectivity index (χ1) is 9.91. The summed E-state index contributed by atoms with van der Waals surface area (Å²) in [6, 6.07) is 0. The molecule has 0 aliphatic heterocycles. The number of fused-ring (bicyclic) bond motifs is 1. The first kappa shape index (κ1) is 15.8. The second-order valence-electron chi connectivity index (χ2n) is 5.88. The smallest absolute Gasteiger partial charge is 0.287 e. The van der Waals surface area contributed by atoms with Gasteiger partial charge in [0.25, 0.3) is 5.91 Å². The largest absolute Gasteiger partial charge is 0.455 e. The fourth-order valence-electron chi connectivity index (χ4n) is 2.70. The molecule has 1 aromatic rings. The number of hydrogen-bond donors (Lipinski definition) is 2. The van der Waals surface area contributed by atoms with Gasteiger partial charge in [-0.15, -0.1) is 0 Å². The summed E-state index contributed by atoms with van der Waals surface area (Å²) in [6.45, 7) is 6.18. The van der Waals surface area contributed by atoms with Gasteiger partial charge in [0.15, 0.2) is 11.5 Å². The molecule has 1 aliphatic rings. The fraction of sp³-hybridized carbons (Fsp3) is 0.625. The Morgan fingerprint density at radius 2 is 2.00 bits per heavy atom. The van der Waals surface area contributed by atoms with Gasteiger partial charge in [-0.3, -0.25) is 9.59 Å². The molecule has 1 aliphatic carbocycles. The number of Topliss-reactive ketones (excluding diaryl/α,β-unsaturated/α-hetero) is 1. The van der Waals surface area contributed by atoms with Gasteiger partial charge in [-0.05, 0) is 26.2 Å². The lowest BCUT2D eigenvalue weighted by Gasteiger charge is -2.26. The van der Waals surface area contributed by atoms with Crippen LogP contribution in [-0.2, 0) is 6.42 Å². The van der Waals surface area contributed by atoms with Crippen molar-refractivity contribution >= 4 is 11.7 Å². The molecule has 0 radical (unpaired) electrons. The zero-order valence-corrected chi connectivity index (χ0v) is 13.0. The summed E-state index contributed by atoms with van der Waals surface area (Å²) in [4.78, 5) is 24.2. The first-order valence-corrected chi connectivity index (χ1v) is 7.64. The minimum atomic E-state index is -0.397. The van der Waals surface area contributed by atoms with Gasteiger partial charge in [-0.2, -0.15) is 0 Å². The van der Waals surface area contributed by atoms with Crippen LogP contribution in [0.4, 0.5) is 0 Å². The molecule has 0 bridgehead atoms. The molecule has 0 spiro atoms. The van der Waals surface area contributed by atoms with Crippen molar-refractivity contribution in [1.29, 1.82) is 0 Å². The highest BCUT2D eigenvalue weighted by Gasteiger charge is 2.29. The van der Waals surface area contributed by atoms with E-state index in [0.29, 0.717) is 29.9 Å². The third-order valence-electron chi connectivity index (χ3n) is 4.52. The van der Waals surface area contributed by atoms with Gasteiger partial charge in [0.2, 0.25) is 0 Å². The number of rotatable bonds is 5. The minimum absolute atomic E-state index is 0.0758. The third kappa shape index (κ3) is 3.02. The summed E-state index contributed by atoms with van der Waals surface area (Å²) in [7, 11) is 0. The lowest BCUT2D eigenvalue weighted by Crippen LogP contribution is -2.49. The molecule has 1 heterocycles. The number of nitrogens with one attached hydrogen (secondary N) is 1. The Hall–Kier alpha value is -1.62. The van der Waals surface area contributed by atoms with Crippen molar-refractivity contribution in [2.75, 3.05) is 6.54 Å². The van der Waals surface area contributed by atoms with E-state index in [-0.39, 0.29) is 17.5 Å². The van der Waals surface area contributed by atoms with Crippen molar-refractivity contribution in [3.63, 3.8) is 0 Å². The van der Waals surface area contributed by atoms with Crippen LogP contribution in [0.3, 0.4) is 0 Å². The highest BCUT2D eigenvalue weighted by molar-refractivity contribution is 6.03. The van der Waals surface area contributed by atoms with Crippen LogP contribution in [0.5, 0.6) is 0 Å². The summed E-state index contributed by atoms with van der Waals surface area (Å²) in [5.74, 6) is 0.696. The molecule has 0 aromatic carbocycles. The monoisotopic (exact) mass is 292 g/mol. The topological polar surface area (TPSA) is 85.3 Å². The Morgan fingerprint density at radius 3 is 2.57 bits per heavy atom. The second-order valence-corrected chi connectivity index (χ2v) is 5.88. The number of aryl methyl sites for hydroxylation is 1. The quantitative estimate of drug-likeness (QED) is 0.872. The molecule has 1 amide bonds. The van der Waals surface area contributed by atoms with E-state index in [1.165, 1.54) is 0 Å². The van der Waals surface area contributed by atoms with E-state index in [1.54, 1.807) is 6.92 Å². The zero-order valence-electron chi connectivity index (χ0n) is 13.0. The number of carbonyl (C=O) groups excluding carboxylic acids is 2. The Kier molecular flexibility index (Phi) is 4.52. The SMILES string of the molecule is CCC(N)(CC)CNC(=O)c1oc2c(c1C)C(=O)CCC2. The molecule has 0 unspecified atom stereocenters. The number of nitrogens with two attached hydrogens (primary N) is 1. The summed E-state index contributed by atoms with van der Waals surface area (Å²) in [6.07, 6.45) is 3.62. The van der Waals surface area contributed by atoms with Gasteiger partial charge >= 0.3 is 0 Å². The number of amides is 1. The zero-order chi connectivity index (χ0) is 15.6. The van der Waals surface area contributed by atoms with Crippen LogP contribution in [0.1, 0.15) is 71.8 Å². The van der Waals surface area contributed by atoms with Crippen LogP contribution in [0.15, 0.2) is 4.42 Å². The number of carbonyl (C=O) groups is 2. The molecule has 0 saturated carbocycles. The molecular formula is C16H24N2O3. The van der Waals surface area contributed by atoms with Crippen molar-refractivity contribution in [1.82, 2.24) is 5.32 Å². The number of ketones is 1. The maximum atomic E-state index is 12.3. The van der Waals surface area contributed by atoms with Crippen molar-refractivity contribution in [3.8, 4) is 0 Å². The van der Waals surface area contributed by atoms with Crippen molar-refractivity contribution < 1.29 is 14.0 Å². The third-order valence-corrected chi connectivity index (χ3v) is 4.52. The van der Waals surface area contributed by atoms with E-state index >= 15 is 0 Å². The molecule has 0 atom stereocenters. The van der Waals surface area contributed by atoms with Crippen molar-refractivity contribution in [2.24, 2.45) is 5.73 Å². The lowest BCUT2D eigenvalue weighted by atomic mass is 9.93. The molecule has 5 heteroatoms. The standard InChI is InChI=1S/C16H24N2O3/c1-4-16(17,5-2)9-18-15(20)14-10(3)13-11(19)7-6-8-12(13)21-14/h4-9,17H2,1-3H3,(H,18,20). The molecule has 0 fully saturated rings. The first-order valence-electron chi connectivity index (χ1n) is 7.64. The highest BCUT2D eigenvalue weighted by Crippen LogP contribution is 2.29. The van der Waals surface area contributed by atoms with E-state index in [2.05, 4.69) is 5.32 Å². The molecule has 21 heavy (non-hydrogen) atoms. The van der Waals surface area contributed by atoms with Gasteiger partial charge < -0.3 is 15.5 Å². The number of hydrogen-bond acceptors (Lipinski definition) is 4. The molecule has 116 valence electrons. The second kappa shape index (κ2) is 6.02. The van der Waals surface area contributed by atoms with Crippen molar-refractivity contribution in [2.45, 2.75) is 58.4 Å². The highest BCUT2D eigenvalue weighted by atomic mass is 16.4. The van der Waals surface area contributed by atoms with E-state index in [9.17, 15) is 9.59 Å². The van der Waals surface area contributed by atoms with Gasteiger partial charge in [0, 0.05) is 30.5 Å². The van der Waals surface area contributed by atoms with Crippen LogP contribution in [-0.4, -0.2) is 23.8 Å². The van der Waals surface area contributed by atoms with E-state index < -0.39 is 5.54 Å². The average molecular weight is 292 g/mol. The summed E-state index contributed by atoms with van der Waals surface area (Å²) >= 11 is 0. The van der Waals surface area contributed by atoms with Crippen LogP contribution in [0, 0.1) is 6.92 Å². The Labute approximate surface area is 125 Å². The fourth-order valence-corrected chi connectivity index (χ4v) is 2.70. The molecule has 1 aromatic heterocycles. The van der Waals surface area contributed by atoms with Gasteiger partial charge in [-0.1, -0.05) is 13.8 Å². The molecular weight excluding hydrogens is 268 g/mol.